The van der Waals surface area contributed by atoms with E-state index in [9.17, 15) is 4.79 Å². The largest absolute Gasteiger partial charge is 0.289 e. The molecule has 1 fully saturated rings. The smallest absolute Gasteiger partial charge is 0.192 e. The van der Waals surface area contributed by atoms with Gasteiger partial charge in [0.25, 0.3) is 0 Å². The van der Waals surface area contributed by atoms with Gasteiger partial charge in [0.05, 0.1) is 0 Å². The number of hydrogen-bond acceptors (Lipinski definition) is 1. The Hall–Kier alpha value is -0.770. The summed E-state index contributed by atoms with van der Waals surface area (Å²) in [5.41, 5.74) is 0. The van der Waals surface area contributed by atoms with Crippen LogP contribution in [0.4, 0.5) is 0 Å². The molecule has 1 nitrogen and oxygen atoms in total. The summed E-state index contributed by atoms with van der Waals surface area (Å²) in [7, 11) is 0. The Kier molecular flexibility index (Phi) is 4.52. The molecular weight excluding hydrogens is 148 g/mol. The van der Waals surface area contributed by atoms with Gasteiger partial charge >= 0.3 is 0 Å². The van der Waals surface area contributed by atoms with Crippen LogP contribution < -0.4 is 0 Å². The van der Waals surface area contributed by atoms with E-state index in [0.29, 0.717) is 6.29 Å². The second-order valence-electron chi connectivity index (χ2n) is 3.48. The van der Waals surface area contributed by atoms with Gasteiger partial charge in [-0.2, -0.15) is 0 Å². The van der Waals surface area contributed by atoms with E-state index in [1.807, 2.05) is 0 Å². The number of aldehydes is 1. The summed E-state index contributed by atoms with van der Waals surface area (Å²) >= 11 is 0. The highest BCUT2D eigenvalue weighted by Crippen LogP contribution is 2.26. The van der Waals surface area contributed by atoms with E-state index < -0.39 is 0 Å². The topological polar surface area (TPSA) is 17.1 Å². The zero-order chi connectivity index (χ0) is 8.65. The molecular formula is C11H16O. The van der Waals surface area contributed by atoms with Crippen molar-refractivity contribution in [2.75, 3.05) is 0 Å². The van der Waals surface area contributed by atoms with Gasteiger partial charge in [-0.1, -0.05) is 38.0 Å². The van der Waals surface area contributed by atoms with E-state index in [-0.39, 0.29) is 0 Å². The van der Waals surface area contributed by atoms with Gasteiger partial charge in [0.1, 0.15) is 0 Å². The lowest BCUT2D eigenvalue weighted by Crippen LogP contribution is -2.05. The molecule has 66 valence electrons. The van der Waals surface area contributed by atoms with Crippen LogP contribution in [0, 0.1) is 17.8 Å². The highest BCUT2D eigenvalue weighted by atomic mass is 16.1. The molecule has 0 amide bonds. The monoisotopic (exact) mass is 164 g/mol. The molecule has 0 saturated heterocycles. The first-order chi connectivity index (χ1) is 5.93. The fourth-order valence-corrected chi connectivity index (χ4v) is 1.87. The Labute approximate surface area is 74.5 Å². The van der Waals surface area contributed by atoms with Crippen molar-refractivity contribution in [2.45, 2.75) is 44.9 Å². The van der Waals surface area contributed by atoms with Crippen LogP contribution in [0.3, 0.4) is 0 Å². The first-order valence-corrected chi connectivity index (χ1v) is 4.85. The van der Waals surface area contributed by atoms with Gasteiger partial charge in [-0.15, -0.1) is 0 Å². The summed E-state index contributed by atoms with van der Waals surface area (Å²) < 4.78 is 0. The number of carbonyl (C=O) groups is 1. The lowest BCUT2D eigenvalue weighted by molar-refractivity contribution is -0.103. The molecule has 0 aromatic rings. The lowest BCUT2D eigenvalue weighted by Gasteiger charge is -2.20. The SMILES string of the molecule is O=CC#CCCC1CCCCC1. The van der Waals surface area contributed by atoms with Crippen LogP contribution in [0.15, 0.2) is 0 Å². The average molecular weight is 164 g/mol. The van der Waals surface area contributed by atoms with Crippen molar-refractivity contribution in [1.29, 1.82) is 0 Å². The molecule has 0 aromatic heterocycles. The predicted molar refractivity (Wildman–Crippen MR) is 49.6 cm³/mol. The van der Waals surface area contributed by atoms with Crippen LogP contribution in [0.5, 0.6) is 0 Å². The normalized spacial score (nSPS) is 18.0. The van der Waals surface area contributed by atoms with Crippen molar-refractivity contribution in [3.63, 3.8) is 0 Å². The van der Waals surface area contributed by atoms with Crippen LogP contribution in [0.25, 0.3) is 0 Å². The average Bonchev–Trinajstić information content (AvgIpc) is 2.14. The van der Waals surface area contributed by atoms with Gasteiger partial charge in [-0.25, -0.2) is 0 Å². The summed E-state index contributed by atoms with van der Waals surface area (Å²) in [6.07, 6.45) is 9.74. The zero-order valence-electron chi connectivity index (χ0n) is 7.51. The summed E-state index contributed by atoms with van der Waals surface area (Å²) in [5.74, 6) is 6.21. The molecule has 0 radical (unpaired) electrons. The molecule has 1 saturated carbocycles. The number of hydrogen-bond donors (Lipinski definition) is 0. The van der Waals surface area contributed by atoms with E-state index in [4.69, 9.17) is 0 Å². The molecule has 1 aliphatic rings. The first-order valence-electron chi connectivity index (χ1n) is 4.85. The van der Waals surface area contributed by atoms with Crippen molar-refractivity contribution in [3.8, 4) is 11.8 Å². The lowest BCUT2D eigenvalue weighted by atomic mass is 9.86. The van der Waals surface area contributed by atoms with Crippen molar-refractivity contribution < 1.29 is 4.79 Å². The Morgan fingerprint density at radius 1 is 1.25 bits per heavy atom. The fraction of sp³-hybridized carbons (Fsp3) is 0.727. The summed E-state index contributed by atoms with van der Waals surface area (Å²) in [5, 5.41) is 0. The van der Waals surface area contributed by atoms with Gasteiger partial charge in [0, 0.05) is 6.42 Å². The summed E-state index contributed by atoms with van der Waals surface area (Å²) in [4.78, 5) is 9.88. The van der Waals surface area contributed by atoms with Gasteiger partial charge in [0.15, 0.2) is 6.29 Å². The van der Waals surface area contributed by atoms with E-state index in [0.717, 1.165) is 12.3 Å². The molecule has 1 heteroatoms. The summed E-state index contributed by atoms with van der Waals surface area (Å²) in [6, 6.07) is 0. The minimum absolute atomic E-state index is 0.681. The maximum atomic E-state index is 9.88. The number of carbonyl (C=O) groups excluding carboxylic acids is 1. The van der Waals surface area contributed by atoms with Crippen molar-refractivity contribution >= 4 is 6.29 Å². The molecule has 0 heterocycles. The molecule has 0 spiro atoms. The standard InChI is InChI=1S/C11H16O/c12-10-6-2-5-9-11-7-3-1-4-8-11/h10-11H,1,3-5,7-9H2. The van der Waals surface area contributed by atoms with E-state index in [2.05, 4.69) is 11.8 Å². The van der Waals surface area contributed by atoms with Crippen molar-refractivity contribution in [3.05, 3.63) is 0 Å². The third-order valence-corrected chi connectivity index (χ3v) is 2.56. The van der Waals surface area contributed by atoms with Gasteiger partial charge in [0.2, 0.25) is 0 Å². The molecule has 1 rings (SSSR count). The zero-order valence-corrected chi connectivity index (χ0v) is 7.51. The quantitative estimate of drug-likeness (QED) is 0.453. The minimum Gasteiger partial charge on any atom is -0.289 e. The maximum absolute atomic E-state index is 9.88. The molecule has 1 aliphatic carbocycles. The Morgan fingerprint density at radius 3 is 2.67 bits per heavy atom. The van der Waals surface area contributed by atoms with Crippen molar-refractivity contribution in [1.82, 2.24) is 0 Å². The van der Waals surface area contributed by atoms with Crippen molar-refractivity contribution in [2.24, 2.45) is 5.92 Å². The van der Waals surface area contributed by atoms with E-state index in [1.165, 1.54) is 38.5 Å². The Bertz CT molecular complexity index is 179. The van der Waals surface area contributed by atoms with Gasteiger partial charge in [-0.3, -0.25) is 4.79 Å². The van der Waals surface area contributed by atoms with Crippen LogP contribution in [-0.4, -0.2) is 6.29 Å². The van der Waals surface area contributed by atoms with Gasteiger partial charge in [-0.05, 0) is 18.3 Å². The Balaban J connectivity index is 2.09. The molecule has 0 aromatic carbocycles. The second kappa shape index (κ2) is 5.83. The van der Waals surface area contributed by atoms with Gasteiger partial charge < -0.3 is 0 Å². The molecule has 0 N–H and O–H groups in total. The first kappa shape index (κ1) is 9.32. The number of rotatable bonds is 2. The van der Waals surface area contributed by atoms with Crippen LogP contribution in [0.2, 0.25) is 0 Å². The third kappa shape index (κ3) is 3.57. The Morgan fingerprint density at radius 2 is 2.00 bits per heavy atom. The highest BCUT2D eigenvalue weighted by molar-refractivity contribution is 5.72. The predicted octanol–water partition coefficient (Wildman–Crippen LogP) is 2.55. The van der Waals surface area contributed by atoms with Crippen LogP contribution in [-0.2, 0) is 4.79 Å². The van der Waals surface area contributed by atoms with E-state index in [1.54, 1.807) is 0 Å². The second-order valence-corrected chi connectivity index (χ2v) is 3.48. The molecule has 12 heavy (non-hydrogen) atoms. The van der Waals surface area contributed by atoms with E-state index >= 15 is 0 Å². The molecule has 0 unspecified atom stereocenters. The third-order valence-electron chi connectivity index (χ3n) is 2.56. The fourth-order valence-electron chi connectivity index (χ4n) is 1.87. The molecule has 0 atom stereocenters. The minimum atomic E-state index is 0.681. The highest BCUT2D eigenvalue weighted by Gasteiger charge is 2.11. The molecule has 0 bridgehead atoms. The van der Waals surface area contributed by atoms with Crippen LogP contribution in [0.1, 0.15) is 44.9 Å². The van der Waals surface area contributed by atoms with Crippen LogP contribution >= 0.6 is 0 Å². The summed E-state index contributed by atoms with van der Waals surface area (Å²) in [6.45, 7) is 0. The molecule has 0 aliphatic heterocycles. The maximum Gasteiger partial charge on any atom is 0.192 e.